The van der Waals surface area contributed by atoms with Crippen molar-refractivity contribution in [2.45, 2.75) is 25.3 Å². The molecule has 22 heavy (non-hydrogen) atoms. The Kier molecular flexibility index (Phi) is 3.90. The number of aromatic amines is 1. The van der Waals surface area contributed by atoms with Crippen LogP contribution in [0.15, 0.2) is 29.2 Å². The molecule has 1 amide bonds. The molecular weight excluding hydrogens is 284 g/mol. The zero-order valence-electron chi connectivity index (χ0n) is 12.1. The molecule has 116 valence electrons. The summed E-state index contributed by atoms with van der Waals surface area (Å²) < 4.78 is 1.42. The fraction of sp³-hybridized carbons (Fsp3) is 0.429. The topological polar surface area (TPSA) is 110 Å². The van der Waals surface area contributed by atoms with Crippen LogP contribution < -0.4 is 11.3 Å². The molecule has 3 heterocycles. The highest BCUT2D eigenvalue weighted by molar-refractivity contribution is 5.76. The van der Waals surface area contributed by atoms with Gasteiger partial charge in [0.2, 0.25) is 11.9 Å². The minimum atomic E-state index is -0.164. The Hall–Kier alpha value is -2.64. The summed E-state index contributed by atoms with van der Waals surface area (Å²) in [4.78, 5) is 29.8. The van der Waals surface area contributed by atoms with Crippen molar-refractivity contribution in [3.05, 3.63) is 40.6 Å². The lowest BCUT2D eigenvalue weighted by atomic mass is 9.96. The maximum Gasteiger partial charge on any atom is 0.250 e. The molecule has 0 unspecified atom stereocenters. The smallest absolute Gasteiger partial charge is 0.250 e. The number of carbonyl (C=O) groups is 1. The minimum Gasteiger partial charge on any atom is -0.367 e. The van der Waals surface area contributed by atoms with E-state index < -0.39 is 0 Å². The first kappa shape index (κ1) is 14.3. The van der Waals surface area contributed by atoms with E-state index >= 15 is 0 Å². The van der Waals surface area contributed by atoms with Gasteiger partial charge in [0.15, 0.2) is 0 Å². The molecule has 1 aliphatic heterocycles. The Bertz CT molecular complexity index is 714. The number of nitrogen functional groups attached to an aromatic ring is 1. The van der Waals surface area contributed by atoms with Gasteiger partial charge in [0.25, 0.3) is 5.56 Å². The second-order valence-electron chi connectivity index (χ2n) is 5.40. The van der Waals surface area contributed by atoms with Gasteiger partial charge < -0.3 is 15.2 Å². The summed E-state index contributed by atoms with van der Waals surface area (Å²) in [6.07, 6.45) is 3.25. The number of hydrogen-bond donors (Lipinski definition) is 2. The Labute approximate surface area is 127 Å². The summed E-state index contributed by atoms with van der Waals surface area (Å²) in [7, 11) is 0. The molecule has 1 saturated heterocycles. The number of hydrogen-bond acceptors (Lipinski definition) is 5. The molecule has 3 N–H and O–H groups in total. The first-order valence-electron chi connectivity index (χ1n) is 7.24. The number of pyridine rings is 1. The van der Waals surface area contributed by atoms with E-state index in [9.17, 15) is 9.59 Å². The van der Waals surface area contributed by atoms with Gasteiger partial charge in [0.05, 0.1) is 0 Å². The van der Waals surface area contributed by atoms with Crippen molar-refractivity contribution >= 4 is 11.9 Å². The predicted molar refractivity (Wildman–Crippen MR) is 80.1 cm³/mol. The number of H-pyrrole nitrogens is 1. The number of carbonyl (C=O) groups excluding carboxylic acids is 1. The molecule has 8 nitrogen and oxygen atoms in total. The summed E-state index contributed by atoms with van der Waals surface area (Å²) in [5.74, 6) is 1.23. The largest absolute Gasteiger partial charge is 0.367 e. The monoisotopic (exact) mass is 302 g/mol. The number of amides is 1. The minimum absolute atomic E-state index is 0.0381. The highest BCUT2D eigenvalue weighted by Crippen LogP contribution is 2.25. The van der Waals surface area contributed by atoms with Crippen LogP contribution in [0, 0.1) is 0 Å². The summed E-state index contributed by atoms with van der Waals surface area (Å²) in [6, 6.07) is 4.86. The van der Waals surface area contributed by atoms with Crippen molar-refractivity contribution < 1.29 is 4.79 Å². The number of likely N-dealkylation sites (tertiary alicyclic amines) is 1. The number of aromatic nitrogens is 4. The molecule has 2 aromatic heterocycles. The van der Waals surface area contributed by atoms with Crippen molar-refractivity contribution in [2.75, 3.05) is 18.8 Å². The van der Waals surface area contributed by atoms with Crippen molar-refractivity contribution in [3.8, 4) is 0 Å². The molecule has 0 saturated carbocycles. The molecule has 2 aromatic rings. The number of piperidine rings is 1. The Balaban J connectivity index is 1.58. The first-order valence-corrected chi connectivity index (χ1v) is 7.24. The molecule has 8 heteroatoms. The second-order valence-corrected chi connectivity index (χ2v) is 5.40. The van der Waals surface area contributed by atoms with Gasteiger partial charge in [-0.3, -0.25) is 14.7 Å². The van der Waals surface area contributed by atoms with Crippen LogP contribution >= 0.6 is 0 Å². The lowest BCUT2D eigenvalue weighted by Crippen LogP contribution is -2.41. The van der Waals surface area contributed by atoms with Crippen molar-refractivity contribution in [3.63, 3.8) is 0 Å². The number of nitrogens with one attached hydrogen (secondary N) is 1. The highest BCUT2D eigenvalue weighted by atomic mass is 16.2. The van der Waals surface area contributed by atoms with Crippen LogP contribution in [0.1, 0.15) is 24.6 Å². The van der Waals surface area contributed by atoms with Gasteiger partial charge >= 0.3 is 0 Å². The van der Waals surface area contributed by atoms with Crippen LogP contribution in [-0.2, 0) is 11.3 Å². The van der Waals surface area contributed by atoms with Crippen LogP contribution in [-0.4, -0.2) is 43.6 Å². The average Bonchev–Trinajstić information content (AvgIpc) is 2.96. The molecule has 0 atom stereocenters. The quantitative estimate of drug-likeness (QED) is 0.826. The third-order valence-corrected chi connectivity index (χ3v) is 3.96. The predicted octanol–water partition coefficient (Wildman–Crippen LogP) is -0.0452. The van der Waals surface area contributed by atoms with E-state index in [1.165, 1.54) is 10.6 Å². The summed E-state index contributed by atoms with van der Waals surface area (Å²) >= 11 is 0. The zero-order valence-corrected chi connectivity index (χ0v) is 12.1. The van der Waals surface area contributed by atoms with Crippen molar-refractivity contribution in [1.82, 2.24) is 24.6 Å². The molecule has 1 fully saturated rings. The third-order valence-electron chi connectivity index (χ3n) is 3.96. The highest BCUT2D eigenvalue weighted by Gasteiger charge is 2.25. The van der Waals surface area contributed by atoms with Gasteiger partial charge in [-0.25, -0.2) is 0 Å². The summed E-state index contributed by atoms with van der Waals surface area (Å²) in [5, 5.41) is 6.67. The van der Waals surface area contributed by atoms with E-state index in [1.54, 1.807) is 23.2 Å². The third kappa shape index (κ3) is 3.00. The average molecular weight is 302 g/mol. The molecule has 0 aromatic carbocycles. The maximum absolute atomic E-state index is 12.3. The Morgan fingerprint density at radius 1 is 1.36 bits per heavy atom. The number of anilines is 1. The van der Waals surface area contributed by atoms with Crippen molar-refractivity contribution in [1.29, 1.82) is 0 Å². The van der Waals surface area contributed by atoms with E-state index in [4.69, 9.17) is 5.73 Å². The molecule has 0 bridgehead atoms. The summed E-state index contributed by atoms with van der Waals surface area (Å²) in [6.45, 7) is 1.37. The van der Waals surface area contributed by atoms with Crippen LogP contribution in [0.5, 0.6) is 0 Å². The van der Waals surface area contributed by atoms with E-state index in [0.29, 0.717) is 13.1 Å². The maximum atomic E-state index is 12.3. The molecule has 3 rings (SSSR count). The number of nitrogens with two attached hydrogens (primary N) is 1. The van der Waals surface area contributed by atoms with Crippen molar-refractivity contribution in [2.24, 2.45) is 0 Å². The van der Waals surface area contributed by atoms with Crippen LogP contribution in [0.3, 0.4) is 0 Å². The van der Waals surface area contributed by atoms with Gasteiger partial charge in [-0.05, 0) is 18.9 Å². The zero-order chi connectivity index (χ0) is 15.5. The van der Waals surface area contributed by atoms with E-state index in [2.05, 4.69) is 15.2 Å². The van der Waals surface area contributed by atoms with Gasteiger partial charge in [-0.15, -0.1) is 5.10 Å². The lowest BCUT2D eigenvalue weighted by Gasteiger charge is -2.31. The van der Waals surface area contributed by atoms with Gasteiger partial charge in [-0.1, -0.05) is 6.07 Å². The molecule has 0 aliphatic carbocycles. The molecule has 0 spiro atoms. The number of rotatable bonds is 3. The summed E-state index contributed by atoms with van der Waals surface area (Å²) in [5.41, 5.74) is 5.35. The van der Waals surface area contributed by atoms with Gasteiger partial charge in [-0.2, -0.15) is 4.98 Å². The Morgan fingerprint density at radius 3 is 2.77 bits per heavy atom. The van der Waals surface area contributed by atoms with Crippen LogP contribution in [0.25, 0.3) is 0 Å². The van der Waals surface area contributed by atoms with Crippen LogP contribution in [0.4, 0.5) is 5.95 Å². The van der Waals surface area contributed by atoms with Crippen LogP contribution in [0.2, 0.25) is 0 Å². The van der Waals surface area contributed by atoms with E-state index in [-0.39, 0.29) is 29.9 Å². The Morgan fingerprint density at radius 2 is 2.14 bits per heavy atom. The lowest BCUT2D eigenvalue weighted by molar-refractivity contribution is -0.133. The number of nitrogens with zero attached hydrogens (tertiary/aromatic N) is 4. The molecule has 1 aliphatic rings. The van der Waals surface area contributed by atoms with E-state index in [0.717, 1.165) is 18.7 Å². The van der Waals surface area contributed by atoms with E-state index in [1.807, 2.05) is 0 Å². The first-order chi connectivity index (χ1) is 10.6. The molecule has 0 radical (unpaired) electrons. The normalized spacial score (nSPS) is 15.9. The van der Waals surface area contributed by atoms with Gasteiger partial charge in [0, 0.05) is 31.3 Å². The standard InChI is InChI=1S/C14H18N6O2/c15-14-16-13(17-18-14)10-4-7-19(8-5-10)12(22)9-20-6-2-1-3-11(20)21/h1-3,6,10H,4-5,7-9H2,(H3,15,16,17,18). The SMILES string of the molecule is Nc1n[nH]c(C2CCN(C(=O)Cn3ccccc3=O)CC2)n1. The fourth-order valence-corrected chi connectivity index (χ4v) is 2.71. The second kappa shape index (κ2) is 6.00. The molecular formula is C14H18N6O2. The van der Waals surface area contributed by atoms with Gasteiger partial charge in [0.1, 0.15) is 12.4 Å². The fourth-order valence-electron chi connectivity index (χ4n) is 2.71.